The molecule has 0 radical (unpaired) electrons. The molecule has 0 bridgehead atoms. The summed E-state index contributed by atoms with van der Waals surface area (Å²) in [4.78, 5) is 21.7. The summed E-state index contributed by atoms with van der Waals surface area (Å²) in [5.41, 5.74) is 2.45. The molecule has 0 unspecified atom stereocenters. The Morgan fingerprint density at radius 1 is 0.651 bits per heavy atom. The van der Waals surface area contributed by atoms with Gasteiger partial charge in [-0.05, 0) is 53.8 Å². The molecule has 0 fully saturated rings. The number of carbonyl (C=O) groups is 2. The first kappa shape index (κ1) is 33.7. The molecular formula is C36H48N2O5. The van der Waals surface area contributed by atoms with Crippen LogP contribution in [0.3, 0.4) is 0 Å². The zero-order valence-corrected chi connectivity index (χ0v) is 25.8. The standard InChI is InChI=1S/C36H48N2O5/c1-41-33-22-18-31(19-23-33)36(30-16-12-11-13-17-30,32-20-24-34(42-2)25-21-32)43-27-15-10-8-6-4-3-5-7-9-14-26-38-35(40)28-37-29-39/h11-13,16-25,29H,3-10,14-15,26-28H2,1-2H3,(H,37,39)(H,38,40). The maximum atomic E-state index is 11.4. The van der Waals surface area contributed by atoms with Crippen LogP contribution in [0.25, 0.3) is 0 Å². The summed E-state index contributed by atoms with van der Waals surface area (Å²) in [6, 6.07) is 26.8. The Bertz CT molecular complexity index is 1140. The molecule has 3 rings (SSSR count). The van der Waals surface area contributed by atoms with Gasteiger partial charge in [0.2, 0.25) is 12.3 Å². The maximum absolute atomic E-state index is 11.4. The summed E-state index contributed by atoms with van der Waals surface area (Å²) < 4.78 is 17.8. The van der Waals surface area contributed by atoms with Gasteiger partial charge in [-0.1, -0.05) is 106 Å². The van der Waals surface area contributed by atoms with Crippen LogP contribution < -0.4 is 20.1 Å². The quantitative estimate of drug-likeness (QED) is 0.0768. The van der Waals surface area contributed by atoms with E-state index >= 15 is 0 Å². The molecule has 3 aromatic carbocycles. The van der Waals surface area contributed by atoms with Crippen molar-refractivity contribution in [2.24, 2.45) is 0 Å². The molecule has 0 atom stereocenters. The smallest absolute Gasteiger partial charge is 0.239 e. The van der Waals surface area contributed by atoms with Crippen LogP contribution >= 0.6 is 0 Å². The van der Waals surface area contributed by atoms with Crippen molar-refractivity contribution in [2.75, 3.05) is 33.9 Å². The summed E-state index contributed by atoms with van der Waals surface area (Å²) in [6.45, 7) is 1.37. The minimum atomic E-state index is -0.755. The zero-order chi connectivity index (χ0) is 30.6. The summed E-state index contributed by atoms with van der Waals surface area (Å²) >= 11 is 0. The Labute approximate surface area is 257 Å². The third-order valence-corrected chi connectivity index (χ3v) is 7.73. The Morgan fingerprint density at radius 3 is 1.60 bits per heavy atom. The van der Waals surface area contributed by atoms with E-state index in [0.29, 0.717) is 19.6 Å². The third kappa shape index (κ3) is 10.7. The fourth-order valence-corrected chi connectivity index (χ4v) is 5.37. The van der Waals surface area contributed by atoms with Crippen LogP contribution in [-0.4, -0.2) is 46.2 Å². The second-order valence-electron chi connectivity index (χ2n) is 10.7. The van der Waals surface area contributed by atoms with Gasteiger partial charge in [-0.2, -0.15) is 0 Å². The predicted molar refractivity (Wildman–Crippen MR) is 172 cm³/mol. The van der Waals surface area contributed by atoms with E-state index in [0.717, 1.165) is 53.9 Å². The lowest BCUT2D eigenvalue weighted by Gasteiger charge is -2.36. The molecule has 0 aliphatic heterocycles. The van der Waals surface area contributed by atoms with E-state index < -0.39 is 5.60 Å². The summed E-state index contributed by atoms with van der Waals surface area (Å²) in [7, 11) is 3.37. The second kappa shape index (κ2) is 19.4. The van der Waals surface area contributed by atoms with Gasteiger partial charge in [0.05, 0.1) is 20.8 Å². The van der Waals surface area contributed by atoms with E-state index in [1.807, 2.05) is 30.3 Å². The number of nitrogens with one attached hydrogen (secondary N) is 2. The molecule has 0 saturated carbocycles. The number of ether oxygens (including phenoxy) is 3. The van der Waals surface area contributed by atoms with Crippen molar-refractivity contribution in [2.45, 2.75) is 69.8 Å². The lowest BCUT2D eigenvalue weighted by Crippen LogP contribution is -2.33. The Hall–Kier alpha value is -3.84. The zero-order valence-electron chi connectivity index (χ0n) is 25.8. The number of carbonyl (C=O) groups excluding carboxylic acids is 2. The molecule has 7 heteroatoms. The minimum absolute atomic E-state index is 0.0505. The van der Waals surface area contributed by atoms with Crippen LogP contribution in [-0.2, 0) is 19.9 Å². The largest absolute Gasteiger partial charge is 0.497 e. The highest BCUT2D eigenvalue weighted by atomic mass is 16.5. The van der Waals surface area contributed by atoms with E-state index in [9.17, 15) is 9.59 Å². The van der Waals surface area contributed by atoms with Crippen LogP contribution in [0.5, 0.6) is 11.5 Å². The fraction of sp³-hybridized carbons (Fsp3) is 0.444. The lowest BCUT2D eigenvalue weighted by molar-refractivity contribution is -0.122. The number of hydrogen-bond acceptors (Lipinski definition) is 5. The van der Waals surface area contributed by atoms with Gasteiger partial charge in [0.25, 0.3) is 0 Å². The summed E-state index contributed by atoms with van der Waals surface area (Å²) in [6.07, 6.45) is 12.1. The van der Waals surface area contributed by atoms with Crippen molar-refractivity contribution >= 4 is 12.3 Å². The molecule has 3 aromatic rings. The first-order valence-corrected chi connectivity index (χ1v) is 15.6. The maximum Gasteiger partial charge on any atom is 0.239 e. The summed E-state index contributed by atoms with van der Waals surface area (Å²) in [5, 5.41) is 5.19. The number of hydrogen-bond donors (Lipinski definition) is 2. The molecule has 7 nitrogen and oxygen atoms in total. The first-order valence-electron chi connectivity index (χ1n) is 15.6. The molecule has 2 N–H and O–H groups in total. The average molecular weight is 589 g/mol. The van der Waals surface area contributed by atoms with Gasteiger partial charge in [0.15, 0.2) is 0 Å². The van der Waals surface area contributed by atoms with Gasteiger partial charge < -0.3 is 24.8 Å². The fourth-order valence-electron chi connectivity index (χ4n) is 5.37. The van der Waals surface area contributed by atoms with Crippen molar-refractivity contribution in [3.8, 4) is 11.5 Å². The first-order chi connectivity index (χ1) is 21.1. The molecule has 43 heavy (non-hydrogen) atoms. The van der Waals surface area contributed by atoms with Crippen molar-refractivity contribution in [3.05, 3.63) is 95.6 Å². The summed E-state index contributed by atoms with van der Waals surface area (Å²) in [5.74, 6) is 1.49. The van der Waals surface area contributed by atoms with Crippen LogP contribution in [0, 0.1) is 0 Å². The molecule has 0 aliphatic carbocycles. The van der Waals surface area contributed by atoms with Gasteiger partial charge in [-0.15, -0.1) is 0 Å². The number of rotatable bonds is 22. The number of methoxy groups -OCH3 is 2. The number of amides is 2. The molecule has 0 heterocycles. The van der Waals surface area contributed by atoms with E-state index in [1.54, 1.807) is 14.2 Å². The van der Waals surface area contributed by atoms with Gasteiger partial charge in [-0.25, -0.2) is 0 Å². The molecule has 232 valence electrons. The van der Waals surface area contributed by atoms with Crippen molar-refractivity contribution in [3.63, 3.8) is 0 Å². The molecule has 0 aliphatic rings. The normalized spacial score (nSPS) is 11.1. The minimum Gasteiger partial charge on any atom is -0.497 e. The third-order valence-electron chi connectivity index (χ3n) is 7.73. The Morgan fingerprint density at radius 2 is 1.12 bits per heavy atom. The molecule has 0 aromatic heterocycles. The monoisotopic (exact) mass is 588 g/mol. The molecule has 0 spiro atoms. The SMILES string of the molecule is COc1ccc(C(OCCCCCCCCCCCCNC(=O)CNC=O)(c2ccccc2)c2ccc(OC)cc2)cc1. The molecular weight excluding hydrogens is 540 g/mol. The average Bonchev–Trinajstić information content (AvgIpc) is 3.06. The number of benzene rings is 3. The highest BCUT2D eigenvalue weighted by molar-refractivity contribution is 5.79. The number of unbranched alkanes of at least 4 members (excludes halogenated alkanes) is 9. The van der Waals surface area contributed by atoms with Gasteiger partial charge in [0.1, 0.15) is 17.1 Å². The predicted octanol–water partition coefficient (Wildman–Crippen LogP) is 6.78. The lowest BCUT2D eigenvalue weighted by atomic mass is 9.80. The Balaban J connectivity index is 1.48. The van der Waals surface area contributed by atoms with Crippen molar-refractivity contribution < 1.29 is 23.8 Å². The van der Waals surface area contributed by atoms with E-state index in [4.69, 9.17) is 14.2 Å². The highest BCUT2D eigenvalue weighted by Crippen LogP contribution is 2.41. The van der Waals surface area contributed by atoms with Crippen LogP contribution in [0.2, 0.25) is 0 Å². The van der Waals surface area contributed by atoms with Crippen molar-refractivity contribution in [1.29, 1.82) is 0 Å². The van der Waals surface area contributed by atoms with Crippen LogP contribution in [0.1, 0.15) is 80.9 Å². The highest BCUT2D eigenvalue weighted by Gasteiger charge is 2.37. The van der Waals surface area contributed by atoms with Gasteiger partial charge in [0, 0.05) is 13.2 Å². The topological polar surface area (TPSA) is 85.9 Å². The van der Waals surface area contributed by atoms with Gasteiger partial charge in [-0.3, -0.25) is 9.59 Å². The van der Waals surface area contributed by atoms with Crippen LogP contribution in [0.4, 0.5) is 0 Å². The molecule has 2 amide bonds. The van der Waals surface area contributed by atoms with E-state index in [1.165, 1.54) is 38.5 Å². The molecule has 0 saturated heterocycles. The van der Waals surface area contributed by atoms with Gasteiger partial charge >= 0.3 is 0 Å². The Kier molecular flexibility index (Phi) is 15.2. The second-order valence-corrected chi connectivity index (χ2v) is 10.7. The van der Waals surface area contributed by atoms with Crippen LogP contribution in [0.15, 0.2) is 78.9 Å². The van der Waals surface area contributed by atoms with E-state index in [2.05, 4.69) is 59.2 Å². The van der Waals surface area contributed by atoms with E-state index in [-0.39, 0.29) is 12.5 Å². The van der Waals surface area contributed by atoms with Crippen molar-refractivity contribution in [1.82, 2.24) is 10.6 Å².